The van der Waals surface area contributed by atoms with Crippen LogP contribution in [0.3, 0.4) is 0 Å². The van der Waals surface area contributed by atoms with Gasteiger partial charge < -0.3 is 9.88 Å². The fourth-order valence-corrected chi connectivity index (χ4v) is 4.53. The number of nitrogens with zero attached hydrogens (tertiary/aromatic N) is 2. The summed E-state index contributed by atoms with van der Waals surface area (Å²) in [5.41, 5.74) is 4.28. The monoisotopic (exact) mass is 279 g/mol. The van der Waals surface area contributed by atoms with Crippen molar-refractivity contribution >= 4 is 10.9 Å². The number of H-pyrrole nitrogens is 1. The highest BCUT2D eigenvalue weighted by atomic mass is 15.1. The fourth-order valence-electron chi connectivity index (χ4n) is 4.53. The first kappa shape index (κ1) is 12.9. The third kappa shape index (κ3) is 1.98. The first-order valence-corrected chi connectivity index (χ1v) is 7.94. The minimum atomic E-state index is 0.622. The van der Waals surface area contributed by atoms with Gasteiger partial charge in [-0.2, -0.15) is 5.26 Å². The Kier molecular flexibility index (Phi) is 3.01. The van der Waals surface area contributed by atoms with Crippen molar-refractivity contribution in [2.45, 2.75) is 37.6 Å². The molecule has 3 atom stereocenters. The van der Waals surface area contributed by atoms with E-state index in [0.29, 0.717) is 24.3 Å². The van der Waals surface area contributed by atoms with Crippen LogP contribution in [0.5, 0.6) is 0 Å². The molecule has 2 aliphatic rings. The molecule has 1 N–H and O–H groups in total. The maximum Gasteiger partial charge on any atom is 0.0621 e. The number of aromatic amines is 1. The lowest BCUT2D eigenvalue weighted by molar-refractivity contribution is 0.108. The molecule has 21 heavy (non-hydrogen) atoms. The number of piperidine rings is 1. The van der Waals surface area contributed by atoms with E-state index in [-0.39, 0.29) is 0 Å². The molecule has 1 aromatic carbocycles. The number of fused-ring (bicyclic) bond motifs is 2. The van der Waals surface area contributed by atoms with Gasteiger partial charge in [-0.3, -0.25) is 0 Å². The molecule has 1 aliphatic heterocycles. The van der Waals surface area contributed by atoms with E-state index in [1.807, 2.05) is 0 Å². The molecule has 4 rings (SSSR count). The molecule has 3 heteroatoms. The Morgan fingerprint density at radius 1 is 1.43 bits per heavy atom. The number of hydrogen-bond donors (Lipinski definition) is 1. The van der Waals surface area contributed by atoms with E-state index in [1.165, 1.54) is 28.5 Å². The van der Waals surface area contributed by atoms with E-state index in [9.17, 15) is 0 Å². The van der Waals surface area contributed by atoms with Gasteiger partial charge in [-0.05, 0) is 49.4 Å². The van der Waals surface area contributed by atoms with Crippen molar-refractivity contribution in [1.29, 1.82) is 5.26 Å². The van der Waals surface area contributed by atoms with Gasteiger partial charge in [0.05, 0.1) is 6.07 Å². The lowest BCUT2D eigenvalue weighted by Crippen LogP contribution is -2.47. The summed E-state index contributed by atoms with van der Waals surface area (Å²) in [6.45, 7) is 1.14. The predicted molar refractivity (Wildman–Crippen MR) is 84.1 cm³/mol. The minimum Gasteiger partial charge on any atom is -0.361 e. The molecule has 0 bridgehead atoms. The molecule has 0 amide bonds. The van der Waals surface area contributed by atoms with Crippen molar-refractivity contribution in [2.24, 2.45) is 5.92 Å². The molecule has 1 saturated heterocycles. The predicted octanol–water partition coefficient (Wildman–Crippen LogP) is 3.43. The zero-order chi connectivity index (χ0) is 14.4. The summed E-state index contributed by atoms with van der Waals surface area (Å²) in [6.07, 6.45) is 6.32. The number of likely N-dealkylation sites (tertiary alicyclic amines) is 1. The molecule has 1 aliphatic carbocycles. The molecule has 0 saturated carbocycles. The number of rotatable bonds is 2. The maximum atomic E-state index is 8.85. The molecular formula is C18H21N3. The zero-order valence-corrected chi connectivity index (χ0v) is 12.5. The number of aromatic nitrogens is 1. The highest BCUT2D eigenvalue weighted by molar-refractivity contribution is 5.88. The molecule has 3 nitrogen and oxygen atoms in total. The molecule has 0 radical (unpaired) electrons. The molecule has 108 valence electrons. The Morgan fingerprint density at radius 3 is 3.19 bits per heavy atom. The third-order valence-electron chi connectivity index (χ3n) is 5.48. The quantitative estimate of drug-likeness (QED) is 0.915. The minimum absolute atomic E-state index is 0.622. The van der Waals surface area contributed by atoms with Crippen molar-refractivity contribution in [1.82, 2.24) is 9.88 Å². The molecule has 1 fully saturated rings. The Labute approximate surface area is 125 Å². The van der Waals surface area contributed by atoms with Crippen LogP contribution in [0.1, 0.15) is 36.3 Å². The van der Waals surface area contributed by atoms with Crippen molar-refractivity contribution in [2.75, 3.05) is 13.6 Å². The summed E-state index contributed by atoms with van der Waals surface area (Å²) < 4.78 is 0. The van der Waals surface area contributed by atoms with Crippen LogP contribution < -0.4 is 0 Å². The molecular weight excluding hydrogens is 258 g/mol. The Balaban J connectivity index is 1.73. The Bertz CT molecular complexity index is 709. The molecule has 1 aromatic heterocycles. The summed E-state index contributed by atoms with van der Waals surface area (Å²) in [5, 5.41) is 10.3. The van der Waals surface area contributed by atoms with Gasteiger partial charge in [0.15, 0.2) is 0 Å². The maximum absolute atomic E-state index is 8.85. The van der Waals surface area contributed by atoms with Crippen LogP contribution in [-0.4, -0.2) is 29.5 Å². The molecule has 0 spiro atoms. The standard InChI is InChI=1S/C18H21N3/c1-21-11-12(4-3-7-19)8-15-14-5-2-6-16-18(14)13(10-20-16)9-17(15)21/h2,5-6,10,12,15,17,20H,3-4,8-9,11H2,1H3/t12?,15-,17-/m1/s1. The van der Waals surface area contributed by atoms with E-state index in [2.05, 4.69) is 47.4 Å². The summed E-state index contributed by atoms with van der Waals surface area (Å²) >= 11 is 0. The molecule has 1 unspecified atom stereocenters. The smallest absolute Gasteiger partial charge is 0.0621 e. The van der Waals surface area contributed by atoms with Gasteiger partial charge in [0, 0.05) is 42.0 Å². The first-order valence-electron chi connectivity index (χ1n) is 7.94. The van der Waals surface area contributed by atoms with Crippen LogP contribution >= 0.6 is 0 Å². The summed E-state index contributed by atoms with van der Waals surface area (Å²) in [4.78, 5) is 5.96. The SMILES string of the molecule is CN1CC(CCC#N)C[C@@H]2c3cccc4[nH]cc(c34)C[C@H]21. The zero-order valence-electron chi connectivity index (χ0n) is 12.5. The van der Waals surface area contributed by atoms with Crippen LogP contribution in [0.25, 0.3) is 10.9 Å². The van der Waals surface area contributed by atoms with Crippen LogP contribution in [0.15, 0.2) is 24.4 Å². The van der Waals surface area contributed by atoms with Crippen LogP contribution in [0.4, 0.5) is 0 Å². The van der Waals surface area contributed by atoms with Gasteiger partial charge in [-0.1, -0.05) is 12.1 Å². The summed E-state index contributed by atoms with van der Waals surface area (Å²) in [5.74, 6) is 1.28. The number of benzene rings is 1. The Hall–Kier alpha value is -1.79. The van der Waals surface area contributed by atoms with Gasteiger partial charge in [-0.15, -0.1) is 0 Å². The van der Waals surface area contributed by atoms with Crippen LogP contribution in [0, 0.1) is 17.2 Å². The third-order valence-corrected chi connectivity index (χ3v) is 5.48. The van der Waals surface area contributed by atoms with Gasteiger partial charge in [0.1, 0.15) is 0 Å². The second-order valence-corrected chi connectivity index (χ2v) is 6.70. The normalized spacial score (nSPS) is 28.3. The fraction of sp³-hybridized carbons (Fsp3) is 0.500. The van der Waals surface area contributed by atoms with E-state index >= 15 is 0 Å². The number of nitrogens with one attached hydrogen (secondary N) is 1. The van der Waals surface area contributed by atoms with Crippen molar-refractivity contribution in [3.8, 4) is 6.07 Å². The van der Waals surface area contributed by atoms with E-state index in [4.69, 9.17) is 5.26 Å². The van der Waals surface area contributed by atoms with Crippen LogP contribution in [-0.2, 0) is 6.42 Å². The van der Waals surface area contributed by atoms with E-state index < -0.39 is 0 Å². The topological polar surface area (TPSA) is 42.8 Å². The van der Waals surface area contributed by atoms with Gasteiger partial charge in [0.2, 0.25) is 0 Å². The average molecular weight is 279 g/mol. The largest absolute Gasteiger partial charge is 0.361 e. The lowest BCUT2D eigenvalue weighted by atomic mass is 9.72. The summed E-state index contributed by atoms with van der Waals surface area (Å²) in [7, 11) is 2.26. The van der Waals surface area contributed by atoms with Gasteiger partial charge >= 0.3 is 0 Å². The van der Waals surface area contributed by atoms with Crippen molar-refractivity contribution < 1.29 is 0 Å². The summed E-state index contributed by atoms with van der Waals surface area (Å²) in [6, 6.07) is 9.61. The van der Waals surface area contributed by atoms with Gasteiger partial charge in [0.25, 0.3) is 0 Å². The van der Waals surface area contributed by atoms with Crippen molar-refractivity contribution in [3.63, 3.8) is 0 Å². The second-order valence-electron chi connectivity index (χ2n) is 6.70. The number of nitriles is 1. The molecule has 2 heterocycles. The molecule has 2 aromatic rings. The number of likely N-dealkylation sites (N-methyl/N-ethyl adjacent to an activating group) is 1. The second kappa shape index (κ2) is 4.89. The first-order chi connectivity index (χ1) is 10.3. The number of hydrogen-bond acceptors (Lipinski definition) is 2. The lowest BCUT2D eigenvalue weighted by Gasteiger charge is -2.45. The van der Waals surface area contributed by atoms with Crippen LogP contribution in [0.2, 0.25) is 0 Å². The van der Waals surface area contributed by atoms with E-state index in [1.54, 1.807) is 0 Å². The highest BCUT2D eigenvalue weighted by Crippen LogP contribution is 2.44. The highest BCUT2D eigenvalue weighted by Gasteiger charge is 2.38. The van der Waals surface area contributed by atoms with Gasteiger partial charge in [-0.25, -0.2) is 0 Å². The Morgan fingerprint density at radius 2 is 2.33 bits per heavy atom. The van der Waals surface area contributed by atoms with Crippen molar-refractivity contribution in [3.05, 3.63) is 35.5 Å². The average Bonchev–Trinajstić information content (AvgIpc) is 2.91. The van der Waals surface area contributed by atoms with E-state index in [0.717, 1.165) is 19.4 Å².